The second-order valence-corrected chi connectivity index (χ2v) is 3.14. The van der Waals surface area contributed by atoms with Crippen molar-refractivity contribution >= 4 is 0 Å². The Kier molecular flexibility index (Phi) is 2.58. The molecule has 0 fully saturated rings. The van der Waals surface area contributed by atoms with Crippen molar-refractivity contribution in [3.05, 3.63) is 23.8 Å². The molecule has 0 bridgehead atoms. The van der Waals surface area contributed by atoms with E-state index in [2.05, 4.69) is 36.7 Å². The zero-order valence-electron chi connectivity index (χ0n) is 7.17. The Bertz CT molecular complexity index is 212. The van der Waals surface area contributed by atoms with Gasteiger partial charge in [-0.05, 0) is 17.1 Å². The van der Waals surface area contributed by atoms with Gasteiger partial charge in [-0.1, -0.05) is 26.5 Å². The van der Waals surface area contributed by atoms with Crippen molar-refractivity contribution in [2.45, 2.75) is 13.8 Å². The fraction of sp³-hybridized carbons (Fsp3) is 0.556. The minimum absolute atomic E-state index is 0.579. The van der Waals surface area contributed by atoms with Crippen LogP contribution in [0.2, 0.25) is 0 Å². The van der Waals surface area contributed by atoms with Crippen LogP contribution in [0.25, 0.3) is 0 Å². The van der Waals surface area contributed by atoms with Crippen molar-refractivity contribution in [1.29, 1.82) is 0 Å². The molecule has 0 atom stereocenters. The standard InChI is InChI=1S/C9H14N2/c1-7(2)4-9-6-11-10-5-8(9)3/h4,7H,3,5-6H2,1-2H3/b9-4-. The summed E-state index contributed by atoms with van der Waals surface area (Å²) in [5.41, 5.74) is 2.38. The van der Waals surface area contributed by atoms with E-state index in [0.717, 1.165) is 12.1 Å². The molecule has 0 spiro atoms. The van der Waals surface area contributed by atoms with E-state index in [1.807, 2.05) is 0 Å². The third-order valence-corrected chi connectivity index (χ3v) is 1.59. The first-order valence-corrected chi connectivity index (χ1v) is 3.92. The molecule has 1 aliphatic heterocycles. The minimum Gasteiger partial charge on any atom is -0.189 e. The number of azo groups is 1. The zero-order valence-corrected chi connectivity index (χ0v) is 7.17. The van der Waals surface area contributed by atoms with E-state index in [0.29, 0.717) is 12.5 Å². The van der Waals surface area contributed by atoms with Crippen LogP contribution in [0, 0.1) is 5.92 Å². The van der Waals surface area contributed by atoms with Crippen LogP contribution in [0.3, 0.4) is 0 Å². The molecule has 0 amide bonds. The Hall–Kier alpha value is -0.920. The van der Waals surface area contributed by atoms with Crippen LogP contribution in [0.1, 0.15) is 13.8 Å². The van der Waals surface area contributed by atoms with Crippen molar-refractivity contribution in [2.24, 2.45) is 16.1 Å². The summed E-state index contributed by atoms with van der Waals surface area (Å²) in [5.74, 6) is 0.579. The van der Waals surface area contributed by atoms with Gasteiger partial charge >= 0.3 is 0 Å². The number of hydrogen-bond donors (Lipinski definition) is 0. The van der Waals surface area contributed by atoms with E-state index >= 15 is 0 Å². The lowest BCUT2D eigenvalue weighted by molar-refractivity contribution is 0.797. The molecule has 2 heteroatoms. The molecule has 1 rings (SSSR count). The van der Waals surface area contributed by atoms with Gasteiger partial charge in [0.2, 0.25) is 0 Å². The van der Waals surface area contributed by atoms with Crippen molar-refractivity contribution < 1.29 is 0 Å². The summed E-state index contributed by atoms with van der Waals surface area (Å²) in [7, 11) is 0. The van der Waals surface area contributed by atoms with E-state index in [-0.39, 0.29) is 0 Å². The second-order valence-electron chi connectivity index (χ2n) is 3.14. The third-order valence-electron chi connectivity index (χ3n) is 1.59. The topological polar surface area (TPSA) is 24.7 Å². The number of nitrogens with zero attached hydrogens (tertiary/aromatic N) is 2. The molecule has 60 valence electrons. The van der Waals surface area contributed by atoms with Crippen LogP contribution in [0.5, 0.6) is 0 Å². The predicted molar refractivity (Wildman–Crippen MR) is 46.7 cm³/mol. The second kappa shape index (κ2) is 3.46. The van der Waals surface area contributed by atoms with Crippen molar-refractivity contribution in [1.82, 2.24) is 0 Å². The van der Waals surface area contributed by atoms with Gasteiger partial charge in [0, 0.05) is 0 Å². The van der Waals surface area contributed by atoms with Gasteiger partial charge in [-0.15, -0.1) is 0 Å². The Labute approximate surface area is 67.7 Å². The largest absolute Gasteiger partial charge is 0.189 e. The van der Waals surface area contributed by atoms with Gasteiger partial charge in [0.25, 0.3) is 0 Å². The lowest BCUT2D eigenvalue weighted by Gasteiger charge is -2.11. The molecule has 0 aromatic rings. The van der Waals surface area contributed by atoms with Gasteiger partial charge in [0.1, 0.15) is 0 Å². The van der Waals surface area contributed by atoms with Crippen LogP contribution in [-0.4, -0.2) is 13.1 Å². The van der Waals surface area contributed by atoms with E-state index < -0.39 is 0 Å². The highest BCUT2D eigenvalue weighted by Crippen LogP contribution is 2.16. The summed E-state index contributed by atoms with van der Waals surface area (Å²) >= 11 is 0. The molecule has 0 saturated carbocycles. The Morgan fingerprint density at radius 1 is 1.36 bits per heavy atom. The van der Waals surface area contributed by atoms with E-state index in [1.165, 1.54) is 5.57 Å². The zero-order chi connectivity index (χ0) is 8.27. The van der Waals surface area contributed by atoms with E-state index in [4.69, 9.17) is 0 Å². The molecule has 0 aliphatic carbocycles. The molecule has 2 nitrogen and oxygen atoms in total. The molecule has 0 aromatic heterocycles. The SMILES string of the molecule is C=C1CN=NC/C1=C/C(C)C. The van der Waals surface area contributed by atoms with Gasteiger partial charge in [-0.2, -0.15) is 10.2 Å². The normalized spacial score (nSPS) is 21.7. The molecule has 0 unspecified atom stereocenters. The van der Waals surface area contributed by atoms with Gasteiger partial charge in [0.05, 0.1) is 13.1 Å². The first-order chi connectivity index (χ1) is 5.20. The molecule has 0 saturated heterocycles. The quantitative estimate of drug-likeness (QED) is 0.549. The molecule has 0 N–H and O–H groups in total. The lowest BCUT2D eigenvalue weighted by Crippen LogP contribution is -2.02. The summed E-state index contributed by atoms with van der Waals surface area (Å²) in [6.45, 7) is 9.64. The van der Waals surface area contributed by atoms with Crippen LogP contribution in [0.15, 0.2) is 34.0 Å². The fourth-order valence-corrected chi connectivity index (χ4v) is 1.05. The molecule has 0 radical (unpaired) electrons. The van der Waals surface area contributed by atoms with Crippen LogP contribution >= 0.6 is 0 Å². The van der Waals surface area contributed by atoms with Crippen LogP contribution in [0.4, 0.5) is 0 Å². The Balaban J connectivity index is 2.71. The average molecular weight is 150 g/mol. The molecule has 0 aromatic carbocycles. The van der Waals surface area contributed by atoms with Crippen LogP contribution < -0.4 is 0 Å². The van der Waals surface area contributed by atoms with Gasteiger partial charge < -0.3 is 0 Å². The molecular formula is C9H14N2. The lowest BCUT2D eigenvalue weighted by atomic mass is 10.0. The summed E-state index contributed by atoms with van der Waals surface area (Å²) in [4.78, 5) is 0. The third kappa shape index (κ3) is 2.30. The Morgan fingerprint density at radius 2 is 2.00 bits per heavy atom. The first-order valence-electron chi connectivity index (χ1n) is 3.92. The summed E-state index contributed by atoms with van der Waals surface area (Å²) in [6, 6.07) is 0. The minimum atomic E-state index is 0.579. The average Bonchev–Trinajstić information content (AvgIpc) is 1.93. The maximum Gasteiger partial charge on any atom is 0.0849 e. The molecule has 1 heterocycles. The highest BCUT2D eigenvalue weighted by atomic mass is 15.1. The van der Waals surface area contributed by atoms with Gasteiger partial charge in [-0.3, -0.25) is 0 Å². The maximum absolute atomic E-state index is 3.96. The first kappa shape index (κ1) is 8.18. The maximum atomic E-state index is 3.96. The summed E-state index contributed by atoms with van der Waals surface area (Å²) in [5, 5.41) is 7.86. The predicted octanol–water partition coefficient (Wildman–Crippen LogP) is 2.59. The van der Waals surface area contributed by atoms with Crippen molar-refractivity contribution in [2.75, 3.05) is 13.1 Å². The smallest absolute Gasteiger partial charge is 0.0849 e. The molecule has 1 aliphatic rings. The number of allylic oxidation sites excluding steroid dienone is 1. The highest BCUT2D eigenvalue weighted by Gasteiger charge is 2.06. The number of hydrogen-bond acceptors (Lipinski definition) is 2. The Morgan fingerprint density at radius 3 is 2.55 bits per heavy atom. The highest BCUT2D eigenvalue weighted by molar-refractivity contribution is 5.32. The van der Waals surface area contributed by atoms with E-state index in [9.17, 15) is 0 Å². The number of rotatable bonds is 1. The van der Waals surface area contributed by atoms with Crippen molar-refractivity contribution in [3.63, 3.8) is 0 Å². The van der Waals surface area contributed by atoms with Gasteiger partial charge in [-0.25, -0.2) is 0 Å². The molecule has 11 heavy (non-hydrogen) atoms. The fourth-order valence-electron chi connectivity index (χ4n) is 1.05. The monoisotopic (exact) mass is 150 g/mol. The summed E-state index contributed by atoms with van der Waals surface area (Å²) in [6.07, 6.45) is 2.21. The van der Waals surface area contributed by atoms with Crippen molar-refractivity contribution in [3.8, 4) is 0 Å². The molecular weight excluding hydrogens is 136 g/mol. The van der Waals surface area contributed by atoms with Gasteiger partial charge in [0.15, 0.2) is 0 Å². The summed E-state index contributed by atoms with van der Waals surface area (Å²) < 4.78 is 0. The van der Waals surface area contributed by atoms with Crippen LogP contribution in [-0.2, 0) is 0 Å². The van der Waals surface area contributed by atoms with E-state index in [1.54, 1.807) is 0 Å².